The first-order valence-corrected chi connectivity index (χ1v) is 22.0. The summed E-state index contributed by atoms with van der Waals surface area (Å²) in [7, 11) is 0. The molecule has 49 heavy (non-hydrogen) atoms. The Kier molecular flexibility index (Phi) is 40.3. The van der Waals surface area contributed by atoms with E-state index in [2.05, 4.69) is 43.5 Å². The minimum atomic E-state index is -0.659. The van der Waals surface area contributed by atoms with Gasteiger partial charge in [0.2, 0.25) is 5.91 Å². The van der Waals surface area contributed by atoms with Crippen LogP contribution in [0.25, 0.3) is 0 Å². The van der Waals surface area contributed by atoms with Gasteiger partial charge in [0.05, 0.1) is 18.8 Å². The van der Waals surface area contributed by atoms with Gasteiger partial charge in [-0.2, -0.15) is 0 Å². The van der Waals surface area contributed by atoms with Crippen LogP contribution in [0.2, 0.25) is 0 Å². The number of hydrogen-bond acceptors (Lipinski definition) is 3. The van der Waals surface area contributed by atoms with Gasteiger partial charge in [0.25, 0.3) is 0 Å². The van der Waals surface area contributed by atoms with Crippen molar-refractivity contribution in [2.75, 3.05) is 6.61 Å². The van der Waals surface area contributed by atoms with Crippen LogP contribution < -0.4 is 5.32 Å². The summed E-state index contributed by atoms with van der Waals surface area (Å²) in [6.45, 7) is 4.36. The molecule has 0 saturated heterocycles. The minimum absolute atomic E-state index is 0.0343. The van der Waals surface area contributed by atoms with E-state index >= 15 is 0 Å². The van der Waals surface area contributed by atoms with E-state index in [4.69, 9.17) is 0 Å². The number of carbonyl (C=O) groups excluding carboxylic acids is 1. The Labute approximate surface area is 307 Å². The van der Waals surface area contributed by atoms with Crippen molar-refractivity contribution in [3.63, 3.8) is 0 Å². The Balaban J connectivity index is 3.52. The summed E-state index contributed by atoms with van der Waals surface area (Å²) in [5, 5.41) is 23.2. The zero-order valence-corrected chi connectivity index (χ0v) is 33.2. The van der Waals surface area contributed by atoms with Crippen LogP contribution in [0.3, 0.4) is 0 Å². The molecule has 0 aromatic heterocycles. The highest BCUT2D eigenvalue weighted by Gasteiger charge is 2.20. The molecule has 0 bridgehead atoms. The molecule has 2 unspecified atom stereocenters. The van der Waals surface area contributed by atoms with E-state index < -0.39 is 12.1 Å². The molecule has 3 N–H and O–H groups in total. The maximum absolute atomic E-state index is 12.4. The maximum Gasteiger partial charge on any atom is 0.220 e. The number of carbonyl (C=O) groups is 1. The molecule has 4 heteroatoms. The quantitative estimate of drug-likeness (QED) is 0.0443. The van der Waals surface area contributed by atoms with Crippen LogP contribution in [0.5, 0.6) is 0 Å². The first-order valence-electron chi connectivity index (χ1n) is 22.0. The van der Waals surface area contributed by atoms with Crippen molar-refractivity contribution in [1.29, 1.82) is 0 Å². The lowest BCUT2D eigenvalue weighted by molar-refractivity contribution is -0.123. The van der Waals surface area contributed by atoms with E-state index in [0.29, 0.717) is 12.8 Å². The number of aliphatic hydroxyl groups is 2. The second-order valence-corrected chi connectivity index (χ2v) is 15.1. The summed E-state index contributed by atoms with van der Waals surface area (Å²) >= 11 is 0. The normalized spacial score (nSPS) is 13.1. The molecule has 1 amide bonds. The van der Waals surface area contributed by atoms with Crippen LogP contribution in [-0.4, -0.2) is 34.9 Å². The third-order valence-corrected chi connectivity index (χ3v) is 10.2. The Bertz CT molecular complexity index is 705. The lowest BCUT2D eigenvalue weighted by Gasteiger charge is -2.22. The number of unbranched alkanes of at least 4 members (excludes halogenated alkanes) is 29. The van der Waals surface area contributed by atoms with Gasteiger partial charge in [-0.3, -0.25) is 4.79 Å². The van der Waals surface area contributed by atoms with E-state index in [1.807, 2.05) is 0 Å². The van der Waals surface area contributed by atoms with Crippen molar-refractivity contribution in [2.45, 2.75) is 251 Å². The highest BCUT2D eigenvalue weighted by atomic mass is 16.3. The summed E-state index contributed by atoms with van der Waals surface area (Å²) in [6.07, 6.45) is 52.5. The number of allylic oxidation sites excluding steroid dienone is 4. The average molecular weight is 690 g/mol. The summed E-state index contributed by atoms with van der Waals surface area (Å²) in [5.41, 5.74) is 0. The first kappa shape index (κ1) is 47.9. The number of rotatable bonds is 40. The Morgan fingerprint density at radius 1 is 0.490 bits per heavy atom. The summed E-state index contributed by atoms with van der Waals surface area (Å²) in [5.74, 6) is -0.0343. The number of nitrogens with one attached hydrogen (secondary N) is 1. The largest absolute Gasteiger partial charge is 0.394 e. The number of hydrogen-bond donors (Lipinski definition) is 3. The van der Waals surface area contributed by atoms with E-state index in [1.165, 1.54) is 180 Å². The average Bonchev–Trinajstić information content (AvgIpc) is 3.10. The molecule has 0 aliphatic rings. The van der Waals surface area contributed by atoms with E-state index in [-0.39, 0.29) is 12.5 Å². The van der Waals surface area contributed by atoms with Crippen LogP contribution >= 0.6 is 0 Å². The summed E-state index contributed by atoms with van der Waals surface area (Å²) in [6, 6.07) is -0.536. The fourth-order valence-corrected chi connectivity index (χ4v) is 6.80. The van der Waals surface area contributed by atoms with Crippen molar-refractivity contribution in [3.8, 4) is 0 Å². The maximum atomic E-state index is 12.4. The minimum Gasteiger partial charge on any atom is -0.394 e. The van der Waals surface area contributed by atoms with Gasteiger partial charge in [0.15, 0.2) is 0 Å². The zero-order valence-electron chi connectivity index (χ0n) is 33.2. The first-order chi connectivity index (χ1) is 24.2. The Hall–Kier alpha value is -1.13. The molecular formula is C45H87NO3. The van der Waals surface area contributed by atoms with Crippen molar-refractivity contribution in [1.82, 2.24) is 5.32 Å². The second kappa shape index (κ2) is 41.3. The van der Waals surface area contributed by atoms with Crippen molar-refractivity contribution in [3.05, 3.63) is 24.3 Å². The van der Waals surface area contributed by atoms with Crippen molar-refractivity contribution >= 4 is 5.91 Å². The van der Waals surface area contributed by atoms with Crippen LogP contribution in [0.4, 0.5) is 0 Å². The molecule has 0 aromatic rings. The molecule has 0 rings (SSSR count). The smallest absolute Gasteiger partial charge is 0.220 e. The monoisotopic (exact) mass is 690 g/mol. The third-order valence-electron chi connectivity index (χ3n) is 10.2. The highest BCUT2D eigenvalue weighted by Crippen LogP contribution is 2.16. The van der Waals surface area contributed by atoms with Gasteiger partial charge >= 0.3 is 0 Å². The molecule has 290 valence electrons. The van der Waals surface area contributed by atoms with E-state index in [1.54, 1.807) is 0 Å². The molecule has 2 atom stereocenters. The molecule has 0 aliphatic carbocycles. The van der Waals surface area contributed by atoms with Crippen molar-refractivity contribution < 1.29 is 15.0 Å². The van der Waals surface area contributed by atoms with E-state index in [0.717, 1.165) is 32.1 Å². The zero-order chi connectivity index (χ0) is 35.7. The molecule has 0 radical (unpaired) electrons. The van der Waals surface area contributed by atoms with Gasteiger partial charge in [-0.25, -0.2) is 0 Å². The predicted octanol–water partition coefficient (Wildman–Crippen LogP) is 13.6. The lowest BCUT2D eigenvalue weighted by atomic mass is 10.0. The molecular weight excluding hydrogens is 602 g/mol. The molecule has 0 heterocycles. The van der Waals surface area contributed by atoms with Crippen LogP contribution in [0.15, 0.2) is 24.3 Å². The van der Waals surface area contributed by atoms with Gasteiger partial charge in [0, 0.05) is 6.42 Å². The predicted molar refractivity (Wildman–Crippen MR) is 216 cm³/mol. The number of aliphatic hydroxyl groups excluding tert-OH is 2. The van der Waals surface area contributed by atoms with Gasteiger partial charge < -0.3 is 15.5 Å². The van der Waals surface area contributed by atoms with Gasteiger partial charge in [-0.1, -0.05) is 212 Å². The summed E-state index contributed by atoms with van der Waals surface area (Å²) < 4.78 is 0. The molecule has 0 fully saturated rings. The van der Waals surface area contributed by atoms with Crippen LogP contribution in [-0.2, 0) is 4.79 Å². The SMILES string of the molecule is CCCCCCC/C=C\C/C=C\CCCCCCCCCCCC(=O)NC(CO)C(O)CCCCCCCCCCCCCCCCCC. The molecule has 0 aromatic carbocycles. The third kappa shape index (κ3) is 37.9. The fourth-order valence-electron chi connectivity index (χ4n) is 6.80. The second-order valence-electron chi connectivity index (χ2n) is 15.1. The van der Waals surface area contributed by atoms with Gasteiger partial charge in [-0.15, -0.1) is 0 Å². The molecule has 0 aliphatic heterocycles. The standard InChI is InChI=1S/C45H87NO3/c1-3-5-7-9-11-13-15-17-19-21-22-23-24-25-27-29-31-33-35-37-39-41-45(49)46-43(42-47)44(48)40-38-36-34-32-30-28-26-20-18-16-14-12-10-8-6-4-2/h15,17,21-22,43-44,47-48H,3-14,16,18-20,23-42H2,1-2H3,(H,46,49)/b17-15-,22-21-. The van der Waals surface area contributed by atoms with Gasteiger partial charge in [-0.05, 0) is 44.9 Å². The highest BCUT2D eigenvalue weighted by molar-refractivity contribution is 5.76. The van der Waals surface area contributed by atoms with Gasteiger partial charge in [0.1, 0.15) is 0 Å². The van der Waals surface area contributed by atoms with Crippen LogP contribution in [0.1, 0.15) is 239 Å². The Morgan fingerprint density at radius 2 is 0.837 bits per heavy atom. The summed E-state index contributed by atoms with van der Waals surface area (Å²) in [4.78, 5) is 12.4. The topological polar surface area (TPSA) is 69.6 Å². The number of amides is 1. The lowest BCUT2D eigenvalue weighted by Crippen LogP contribution is -2.45. The van der Waals surface area contributed by atoms with E-state index in [9.17, 15) is 15.0 Å². The molecule has 4 nitrogen and oxygen atoms in total. The van der Waals surface area contributed by atoms with Crippen LogP contribution in [0, 0.1) is 0 Å². The Morgan fingerprint density at radius 3 is 1.22 bits per heavy atom. The van der Waals surface area contributed by atoms with Crippen molar-refractivity contribution in [2.24, 2.45) is 0 Å². The molecule has 0 spiro atoms. The molecule has 0 saturated carbocycles. The fraction of sp³-hybridized carbons (Fsp3) is 0.889.